The van der Waals surface area contributed by atoms with E-state index in [9.17, 15) is 5.11 Å². The Morgan fingerprint density at radius 1 is 1.25 bits per heavy atom. The normalized spacial score (nSPS) is 23.8. The molecule has 1 heterocycles. The third-order valence-corrected chi connectivity index (χ3v) is 2.31. The predicted molar refractivity (Wildman–Crippen MR) is 56.4 cm³/mol. The van der Waals surface area contributed by atoms with Crippen LogP contribution in [0.4, 0.5) is 0 Å². The minimum Gasteiger partial charge on any atom is -0.489 e. The van der Waals surface area contributed by atoms with E-state index in [2.05, 4.69) is 10.0 Å². The van der Waals surface area contributed by atoms with Gasteiger partial charge in [-0.15, -0.1) is 0 Å². The molecule has 16 heavy (non-hydrogen) atoms. The van der Waals surface area contributed by atoms with E-state index in [0.717, 1.165) is 0 Å². The molecule has 0 fully saturated rings. The van der Waals surface area contributed by atoms with Gasteiger partial charge in [0.1, 0.15) is 12.6 Å². The number of rotatable bonds is 1. The number of para-hydroxylation sites is 2. The van der Waals surface area contributed by atoms with E-state index in [1.54, 1.807) is 12.1 Å². The van der Waals surface area contributed by atoms with E-state index in [-0.39, 0.29) is 13.2 Å². The van der Waals surface area contributed by atoms with Crippen molar-refractivity contribution in [3.05, 3.63) is 34.7 Å². The van der Waals surface area contributed by atoms with E-state index < -0.39 is 12.1 Å². The molecule has 6 heteroatoms. The van der Waals surface area contributed by atoms with Crippen molar-refractivity contribution in [2.75, 3.05) is 13.2 Å². The van der Waals surface area contributed by atoms with Crippen LogP contribution in [0.2, 0.25) is 0 Å². The van der Waals surface area contributed by atoms with Gasteiger partial charge >= 0.3 is 0 Å². The van der Waals surface area contributed by atoms with Crippen LogP contribution >= 0.6 is 0 Å². The summed E-state index contributed by atoms with van der Waals surface area (Å²) in [5.41, 5.74) is 8.34. The molecule has 0 radical (unpaired) electrons. The largest absolute Gasteiger partial charge is 0.489 e. The molecule has 2 unspecified atom stereocenters. The monoisotopic (exact) mass is 221 g/mol. The zero-order valence-electron chi connectivity index (χ0n) is 8.48. The van der Waals surface area contributed by atoms with E-state index in [0.29, 0.717) is 11.5 Å². The summed E-state index contributed by atoms with van der Waals surface area (Å²) in [6.45, 7) is 0.232. The maximum Gasteiger partial charge on any atom is 0.161 e. The summed E-state index contributed by atoms with van der Waals surface area (Å²) in [6, 6.07) is 6.54. The zero-order chi connectivity index (χ0) is 11.4. The third kappa shape index (κ3) is 2.18. The minimum atomic E-state index is -0.857. The van der Waals surface area contributed by atoms with Gasteiger partial charge in [-0.05, 0) is 17.7 Å². The smallest absolute Gasteiger partial charge is 0.161 e. The molecule has 2 rings (SSSR count). The highest BCUT2D eigenvalue weighted by Crippen LogP contribution is 2.28. The summed E-state index contributed by atoms with van der Waals surface area (Å²) in [5.74, 6) is 1.17. The number of hydrogen-bond donors (Lipinski definition) is 1. The molecule has 1 aromatic carbocycles. The number of benzene rings is 1. The highest BCUT2D eigenvalue weighted by molar-refractivity contribution is 5.39. The van der Waals surface area contributed by atoms with Gasteiger partial charge in [-0.2, -0.15) is 0 Å². The first kappa shape index (κ1) is 10.6. The van der Waals surface area contributed by atoms with Crippen LogP contribution < -0.4 is 9.47 Å². The standard InChI is InChI=1S/C10H11N3O3/c11-13-12-7-5-15-9-3-1-2-4-10(9)16-6-8(7)14/h1-4,7-8,14H,5-6H2. The Bertz CT molecular complexity index is 418. The number of ether oxygens (including phenoxy) is 2. The van der Waals surface area contributed by atoms with Crippen molar-refractivity contribution in [1.29, 1.82) is 0 Å². The molecule has 1 aromatic rings. The van der Waals surface area contributed by atoms with Gasteiger partial charge in [0.05, 0.1) is 12.7 Å². The first-order chi connectivity index (χ1) is 7.81. The van der Waals surface area contributed by atoms with Crippen molar-refractivity contribution in [2.24, 2.45) is 5.11 Å². The average molecular weight is 221 g/mol. The summed E-state index contributed by atoms with van der Waals surface area (Å²) in [6.07, 6.45) is -0.857. The van der Waals surface area contributed by atoms with Crippen molar-refractivity contribution in [1.82, 2.24) is 0 Å². The lowest BCUT2D eigenvalue weighted by Crippen LogP contribution is -2.36. The number of aliphatic hydroxyl groups excluding tert-OH is 1. The summed E-state index contributed by atoms with van der Waals surface area (Å²) >= 11 is 0. The second kappa shape index (κ2) is 4.74. The fraction of sp³-hybridized carbons (Fsp3) is 0.400. The number of nitrogens with zero attached hydrogens (tertiary/aromatic N) is 3. The molecule has 1 N–H and O–H groups in total. The fourth-order valence-corrected chi connectivity index (χ4v) is 1.44. The molecule has 1 aliphatic heterocycles. The lowest BCUT2D eigenvalue weighted by atomic mass is 10.2. The van der Waals surface area contributed by atoms with Crippen molar-refractivity contribution < 1.29 is 14.6 Å². The van der Waals surface area contributed by atoms with Crippen LogP contribution in [0.25, 0.3) is 10.4 Å². The number of azide groups is 1. The molecule has 1 aliphatic rings. The van der Waals surface area contributed by atoms with Gasteiger partial charge in [-0.25, -0.2) is 0 Å². The average Bonchev–Trinajstić information content (AvgIpc) is 2.30. The molecule has 6 nitrogen and oxygen atoms in total. The topological polar surface area (TPSA) is 87.5 Å². The summed E-state index contributed by atoms with van der Waals surface area (Å²) in [7, 11) is 0. The third-order valence-electron chi connectivity index (χ3n) is 2.31. The van der Waals surface area contributed by atoms with Gasteiger partial charge in [0.15, 0.2) is 11.5 Å². The molecular formula is C10H11N3O3. The Kier molecular flexibility index (Phi) is 3.14. The molecule has 0 amide bonds. The van der Waals surface area contributed by atoms with Gasteiger partial charge in [0.25, 0.3) is 0 Å². The first-order valence-corrected chi connectivity index (χ1v) is 4.88. The van der Waals surface area contributed by atoms with E-state index in [4.69, 9.17) is 15.0 Å². The van der Waals surface area contributed by atoms with Crippen LogP contribution in [0.1, 0.15) is 0 Å². The van der Waals surface area contributed by atoms with Crippen LogP contribution in [0.3, 0.4) is 0 Å². The Morgan fingerprint density at radius 2 is 1.88 bits per heavy atom. The second-order valence-corrected chi connectivity index (χ2v) is 3.41. The van der Waals surface area contributed by atoms with Gasteiger partial charge in [0.2, 0.25) is 0 Å². The molecule has 0 spiro atoms. The maximum absolute atomic E-state index is 9.66. The van der Waals surface area contributed by atoms with Crippen molar-refractivity contribution in [3.63, 3.8) is 0 Å². The number of hydrogen-bond acceptors (Lipinski definition) is 4. The molecular weight excluding hydrogens is 210 g/mol. The van der Waals surface area contributed by atoms with Crippen LogP contribution in [-0.2, 0) is 0 Å². The number of fused-ring (bicyclic) bond motifs is 1. The van der Waals surface area contributed by atoms with Crippen molar-refractivity contribution in [3.8, 4) is 11.5 Å². The summed E-state index contributed by atoms with van der Waals surface area (Å²) < 4.78 is 10.8. The fourth-order valence-electron chi connectivity index (χ4n) is 1.44. The highest BCUT2D eigenvalue weighted by Gasteiger charge is 2.23. The zero-order valence-corrected chi connectivity index (χ0v) is 8.48. The SMILES string of the molecule is [N-]=[N+]=NC1COc2ccccc2OCC1O. The first-order valence-electron chi connectivity index (χ1n) is 4.88. The Balaban J connectivity index is 2.20. The van der Waals surface area contributed by atoms with Crippen molar-refractivity contribution in [2.45, 2.75) is 12.1 Å². The molecule has 0 saturated carbocycles. The van der Waals surface area contributed by atoms with E-state index in [1.807, 2.05) is 12.1 Å². The Labute approximate surface area is 92.0 Å². The molecule has 84 valence electrons. The van der Waals surface area contributed by atoms with E-state index >= 15 is 0 Å². The summed E-state index contributed by atoms with van der Waals surface area (Å²) in [4.78, 5) is 2.67. The van der Waals surface area contributed by atoms with Gasteiger partial charge in [-0.1, -0.05) is 17.2 Å². The number of aliphatic hydroxyl groups is 1. The van der Waals surface area contributed by atoms with E-state index in [1.165, 1.54) is 0 Å². The van der Waals surface area contributed by atoms with Crippen LogP contribution in [0.15, 0.2) is 29.4 Å². The quantitative estimate of drug-likeness (QED) is 0.442. The van der Waals surface area contributed by atoms with Gasteiger partial charge in [0, 0.05) is 4.91 Å². The molecule has 0 saturated heterocycles. The highest BCUT2D eigenvalue weighted by atomic mass is 16.5. The molecule has 0 aliphatic carbocycles. The minimum absolute atomic E-state index is 0.0874. The van der Waals surface area contributed by atoms with Crippen LogP contribution in [-0.4, -0.2) is 30.5 Å². The molecule has 0 bridgehead atoms. The molecule has 0 aromatic heterocycles. The lowest BCUT2D eigenvalue weighted by molar-refractivity contribution is 0.0552. The van der Waals surface area contributed by atoms with Crippen molar-refractivity contribution >= 4 is 0 Å². The van der Waals surface area contributed by atoms with Gasteiger partial charge in [-0.3, -0.25) is 0 Å². The summed E-state index contributed by atoms with van der Waals surface area (Å²) in [5, 5.41) is 13.1. The van der Waals surface area contributed by atoms with Gasteiger partial charge < -0.3 is 14.6 Å². The Morgan fingerprint density at radius 3 is 2.50 bits per heavy atom. The predicted octanol–water partition coefficient (Wildman–Crippen LogP) is 1.50. The van der Waals surface area contributed by atoms with Crippen LogP contribution in [0, 0.1) is 0 Å². The second-order valence-electron chi connectivity index (χ2n) is 3.41. The maximum atomic E-state index is 9.66. The Hall–Kier alpha value is -1.91. The lowest BCUT2D eigenvalue weighted by Gasteiger charge is -2.23. The molecule has 2 atom stereocenters. The van der Waals surface area contributed by atoms with Crippen LogP contribution in [0.5, 0.6) is 11.5 Å².